The summed E-state index contributed by atoms with van der Waals surface area (Å²) in [6.45, 7) is 2.13. The normalized spacial score (nSPS) is 21.6. The maximum absolute atomic E-state index is 11.6. The van der Waals surface area contributed by atoms with E-state index in [4.69, 9.17) is 5.11 Å². The molecule has 1 aliphatic carbocycles. The summed E-state index contributed by atoms with van der Waals surface area (Å²) < 4.78 is 1.23. The zero-order valence-corrected chi connectivity index (χ0v) is 10.2. The Kier molecular flexibility index (Phi) is 3.59. The molecule has 0 radical (unpaired) electrons. The van der Waals surface area contributed by atoms with Crippen LogP contribution in [0.1, 0.15) is 36.7 Å². The van der Waals surface area contributed by atoms with E-state index in [0.29, 0.717) is 5.92 Å². The van der Waals surface area contributed by atoms with E-state index in [9.17, 15) is 9.59 Å². The van der Waals surface area contributed by atoms with Crippen LogP contribution >= 0.6 is 0 Å². The van der Waals surface area contributed by atoms with Crippen LogP contribution in [-0.4, -0.2) is 38.0 Å². The first-order valence-corrected chi connectivity index (χ1v) is 6.03. The van der Waals surface area contributed by atoms with Crippen molar-refractivity contribution in [2.24, 2.45) is 5.92 Å². The Labute approximate surface area is 104 Å². The average Bonchev–Trinajstić information content (AvgIpc) is 2.85. The minimum absolute atomic E-state index is 0.00955. The van der Waals surface area contributed by atoms with E-state index in [0.717, 1.165) is 19.3 Å². The minimum atomic E-state index is -1.15. The van der Waals surface area contributed by atoms with Gasteiger partial charge >= 0.3 is 5.97 Å². The molecule has 2 atom stereocenters. The van der Waals surface area contributed by atoms with Crippen LogP contribution in [0.3, 0.4) is 0 Å². The number of hydrogen-bond acceptors (Lipinski definition) is 4. The standard InChI is InChI=1S/C11H16N4O3/c1-2-3-7-4-8(7)12-10(16)6-15-5-9(11(17)18)13-14-15/h5,7-8H,2-4,6H2,1H3,(H,12,16)(H,17,18). The molecule has 0 aromatic carbocycles. The van der Waals surface area contributed by atoms with Crippen molar-refractivity contribution in [3.05, 3.63) is 11.9 Å². The van der Waals surface area contributed by atoms with E-state index in [-0.39, 0.29) is 24.2 Å². The first-order valence-electron chi connectivity index (χ1n) is 6.03. The molecule has 7 heteroatoms. The highest BCUT2D eigenvalue weighted by Gasteiger charge is 2.37. The Morgan fingerprint density at radius 3 is 3.00 bits per heavy atom. The Morgan fingerprint density at radius 2 is 2.39 bits per heavy atom. The van der Waals surface area contributed by atoms with Gasteiger partial charge in [-0.1, -0.05) is 18.6 Å². The second-order valence-corrected chi connectivity index (χ2v) is 4.56. The number of carbonyl (C=O) groups is 2. The number of nitrogens with one attached hydrogen (secondary N) is 1. The first-order chi connectivity index (χ1) is 8.60. The summed E-state index contributed by atoms with van der Waals surface area (Å²) in [5.41, 5.74) is -0.155. The maximum atomic E-state index is 11.6. The van der Waals surface area contributed by atoms with Gasteiger partial charge in [0.2, 0.25) is 5.91 Å². The Bertz CT molecular complexity index is 457. The summed E-state index contributed by atoms with van der Waals surface area (Å²) in [4.78, 5) is 22.2. The van der Waals surface area contributed by atoms with E-state index in [2.05, 4.69) is 22.6 Å². The average molecular weight is 252 g/mol. The lowest BCUT2D eigenvalue weighted by molar-refractivity contribution is -0.122. The Hall–Kier alpha value is -1.92. The van der Waals surface area contributed by atoms with Crippen LogP contribution in [0.2, 0.25) is 0 Å². The fraction of sp³-hybridized carbons (Fsp3) is 0.636. The van der Waals surface area contributed by atoms with Gasteiger partial charge in [-0.05, 0) is 18.8 Å². The van der Waals surface area contributed by atoms with Crippen LogP contribution in [0.4, 0.5) is 0 Å². The number of aromatic nitrogens is 3. The molecule has 1 aliphatic rings. The summed E-state index contributed by atoms with van der Waals surface area (Å²) >= 11 is 0. The molecular weight excluding hydrogens is 236 g/mol. The molecule has 1 heterocycles. The minimum Gasteiger partial charge on any atom is -0.476 e. The number of carboxylic acids is 1. The number of hydrogen-bond donors (Lipinski definition) is 2. The van der Waals surface area contributed by atoms with Crippen molar-refractivity contribution in [2.75, 3.05) is 0 Å². The van der Waals surface area contributed by atoms with Crippen LogP contribution in [0, 0.1) is 5.92 Å². The molecule has 2 N–H and O–H groups in total. The zero-order valence-electron chi connectivity index (χ0n) is 10.2. The van der Waals surface area contributed by atoms with Crippen molar-refractivity contribution in [3.63, 3.8) is 0 Å². The summed E-state index contributed by atoms with van der Waals surface area (Å²) in [6.07, 6.45) is 4.55. The summed E-state index contributed by atoms with van der Waals surface area (Å²) in [6, 6.07) is 0.278. The lowest BCUT2D eigenvalue weighted by Gasteiger charge is -2.03. The lowest BCUT2D eigenvalue weighted by atomic mass is 10.2. The summed E-state index contributed by atoms with van der Waals surface area (Å²) in [5.74, 6) is -0.698. The summed E-state index contributed by atoms with van der Waals surface area (Å²) in [5, 5.41) is 18.6. The third-order valence-electron chi connectivity index (χ3n) is 2.99. The van der Waals surface area contributed by atoms with Gasteiger partial charge in [0.1, 0.15) is 6.54 Å². The van der Waals surface area contributed by atoms with E-state index in [1.807, 2.05) is 0 Å². The maximum Gasteiger partial charge on any atom is 0.358 e. The molecule has 0 bridgehead atoms. The number of aromatic carboxylic acids is 1. The lowest BCUT2D eigenvalue weighted by Crippen LogP contribution is -2.30. The molecule has 7 nitrogen and oxygen atoms in total. The molecule has 2 rings (SSSR count). The fourth-order valence-corrected chi connectivity index (χ4v) is 1.99. The molecule has 1 aromatic rings. The second-order valence-electron chi connectivity index (χ2n) is 4.56. The zero-order chi connectivity index (χ0) is 13.1. The van der Waals surface area contributed by atoms with Gasteiger partial charge in [-0.15, -0.1) is 5.10 Å². The third kappa shape index (κ3) is 3.06. The topological polar surface area (TPSA) is 97.1 Å². The van der Waals surface area contributed by atoms with Gasteiger partial charge in [-0.25, -0.2) is 9.48 Å². The molecule has 0 aliphatic heterocycles. The predicted molar refractivity (Wildman–Crippen MR) is 61.9 cm³/mol. The molecule has 2 unspecified atom stereocenters. The molecule has 0 spiro atoms. The molecule has 0 saturated heterocycles. The quantitative estimate of drug-likeness (QED) is 0.758. The molecular formula is C11H16N4O3. The number of carboxylic acid groups (broad SMARTS) is 1. The number of rotatable bonds is 6. The molecule has 18 heavy (non-hydrogen) atoms. The molecule has 1 amide bonds. The van der Waals surface area contributed by atoms with E-state index in [1.54, 1.807) is 0 Å². The number of amides is 1. The number of carbonyl (C=O) groups excluding carboxylic acids is 1. The monoisotopic (exact) mass is 252 g/mol. The van der Waals surface area contributed by atoms with Crippen LogP contribution in [0.25, 0.3) is 0 Å². The van der Waals surface area contributed by atoms with Crippen molar-refractivity contribution in [2.45, 2.75) is 38.8 Å². The van der Waals surface area contributed by atoms with Gasteiger partial charge < -0.3 is 10.4 Å². The number of nitrogens with zero attached hydrogens (tertiary/aromatic N) is 3. The van der Waals surface area contributed by atoms with Crippen LogP contribution in [0.5, 0.6) is 0 Å². The fourth-order valence-electron chi connectivity index (χ4n) is 1.99. The summed E-state index contributed by atoms with van der Waals surface area (Å²) in [7, 11) is 0. The van der Waals surface area contributed by atoms with Gasteiger partial charge in [0, 0.05) is 6.04 Å². The molecule has 1 saturated carbocycles. The Balaban J connectivity index is 1.79. The van der Waals surface area contributed by atoms with E-state index < -0.39 is 5.97 Å². The smallest absolute Gasteiger partial charge is 0.358 e. The van der Waals surface area contributed by atoms with Gasteiger partial charge in [0.05, 0.1) is 6.20 Å². The highest BCUT2D eigenvalue weighted by atomic mass is 16.4. The highest BCUT2D eigenvalue weighted by molar-refractivity contribution is 5.84. The van der Waals surface area contributed by atoms with Crippen LogP contribution < -0.4 is 5.32 Å². The van der Waals surface area contributed by atoms with Gasteiger partial charge in [0.15, 0.2) is 5.69 Å². The SMILES string of the molecule is CCCC1CC1NC(=O)Cn1cc(C(=O)O)nn1. The van der Waals surface area contributed by atoms with E-state index in [1.165, 1.54) is 10.9 Å². The van der Waals surface area contributed by atoms with Crippen LogP contribution in [-0.2, 0) is 11.3 Å². The van der Waals surface area contributed by atoms with Crippen molar-refractivity contribution in [3.8, 4) is 0 Å². The second kappa shape index (κ2) is 5.16. The predicted octanol–water partition coefficient (Wildman–Crippen LogP) is 0.281. The van der Waals surface area contributed by atoms with Crippen molar-refractivity contribution >= 4 is 11.9 Å². The van der Waals surface area contributed by atoms with Crippen molar-refractivity contribution < 1.29 is 14.7 Å². The molecule has 98 valence electrons. The Morgan fingerprint density at radius 1 is 1.61 bits per heavy atom. The van der Waals surface area contributed by atoms with Crippen molar-refractivity contribution in [1.82, 2.24) is 20.3 Å². The molecule has 1 fully saturated rings. The van der Waals surface area contributed by atoms with Gasteiger partial charge in [-0.3, -0.25) is 4.79 Å². The molecule has 1 aromatic heterocycles. The van der Waals surface area contributed by atoms with Crippen molar-refractivity contribution in [1.29, 1.82) is 0 Å². The highest BCUT2D eigenvalue weighted by Crippen LogP contribution is 2.34. The van der Waals surface area contributed by atoms with Gasteiger partial charge in [0.25, 0.3) is 0 Å². The van der Waals surface area contributed by atoms with Gasteiger partial charge in [-0.2, -0.15) is 0 Å². The third-order valence-corrected chi connectivity index (χ3v) is 2.99. The largest absolute Gasteiger partial charge is 0.476 e. The van der Waals surface area contributed by atoms with Crippen LogP contribution in [0.15, 0.2) is 6.20 Å². The van der Waals surface area contributed by atoms with E-state index >= 15 is 0 Å². The first kappa shape index (κ1) is 12.5.